The lowest BCUT2D eigenvalue weighted by atomic mass is 10.1. The third-order valence-electron chi connectivity index (χ3n) is 2.29. The summed E-state index contributed by atoms with van der Waals surface area (Å²) in [7, 11) is 0. The topological polar surface area (TPSA) is 35.0 Å². The summed E-state index contributed by atoms with van der Waals surface area (Å²) in [5.41, 5.74) is 0.926. The summed E-state index contributed by atoms with van der Waals surface area (Å²) in [4.78, 5) is 8.11. The zero-order chi connectivity index (χ0) is 12.0. The Hall–Kier alpha value is -0.830. The molecule has 0 aliphatic heterocycles. The van der Waals surface area contributed by atoms with Crippen LogP contribution in [0.5, 0.6) is 5.88 Å². The highest BCUT2D eigenvalue weighted by Crippen LogP contribution is 2.23. The Morgan fingerprint density at radius 2 is 2.12 bits per heavy atom. The number of aromatic nitrogens is 2. The highest BCUT2D eigenvalue weighted by atomic mass is 35.5. The summed E-state index contributed by atoms with van der Waals surface area (Å²) in [5.74, 6) is 1.27. The van der Waals surface area contributed by atoms with Crippen molar-refractivity contribution in [3.63, 3.8) is 0 Å². The quantitative estimate of drug-likeness (QED) is 0.716. The molecule has 0 fully saturated rings. The summed E-state index contributed by atoms with van der Waals surface area (Å²) in [6.45, 7) is 7.12. The molecule has 0 unspecified atom stereocenters. The molecule has 90 valence electrons. The zero-order valence-electron chi connectivity index (χ0n) is 10.2. The Kier molecular flexibility index (Phi) is 5.53. The van der Waals surface area contributed by atoms with Crippen LogP contribution in [0.15, 0.2) is 6.33 Å². The minimum absolute atomic E-state index is 0.511. The van der Waals surface area contributed by atoms with Crippen LogP contribution in [-0.4, -0.2) is 16.6 Å². The van der Waals surface area contributed by atoms with Crippen LogP contribution >= 0.6 is 11.6 Å². The lowest BCUT2D eigenvalue weighted by Gasteiger charge is -2.11. The lowest BCUT2D eigenvalue weighted by Crippen LogP contribution is -2.06. The monoisotopic (exact) mass is 242 g/mol. The van der Waals surface area contributed by atoms with Crippen LogP contribution in [-0.2, 0) is 6.42 Å². The van der Waals surface area contributed by atoms with Crippen molar-refractivity contribution in [1.29, 1.82) is 0 Å². The zero-order valence-corrected chi connectivity index (χ0v) is 10.9. The van der Waals surface area contributed by atoms with Gasteiger partial charge >= 0.3 is 0 Å². The molecular weight excluding hydrogens is 224 g/mol. The molecule has 0 atom stereocenters. The van der Waals surface area contributed by atoms with E-state index >= 15 is 0 Å². The maximum Gasteiger partial charge on any atom is 0.221 e. The van der Waals surface area contributed by atoms with Gasteiger partial charge in [0.1, 0.15) is 11.5 Å². The largest absolute Gasteiger partial charge is 0.477 e. The standard InChI is InChI=1S/C12H19ClN2O/c1-4-5-10-11(13)14-8-15-12(10)16-7-6-9(2)3/h8-9H,4-7H2,1-3H3. The molecule has 0 saturated heterocycles. The third kappa shape index (κ3) is 3.97. The Morgan fingerprint density at radius 1 is 1.38 bits per heavy atom. The molecular formula is C12H19ClN2O. The van der Waals surface area contributed by atoms with Gasteiger partial charge in [-0.1, -0.05) is 38.8 Å². The van der Waals surface area contributed by atoms with Gasteiger partial charge in [0.2, 0.25) is 5.88 Å². The molecule has 0 bridgehead atoms. The summed E-state index contributed by atoms with van der Waals surface area (Å²) in [6, 6.07) is 0. The van der Waals surface area contributed by atoms with Gasteiger partial charge < -0.3 is 4.74 Å². The molecule has 1 rings (SSSR count). The molecule has 4 heteroatoms. The number of ether oxygens (including phenoxy) is 1. The van der Waals surface area contributed by atoms with Crippen LogP contribution in [0.3, 0.4) is 0 Å². The Bertz CT molecular complexity index is 329. The van der Waals surface area contributed by atoms with E-state index < -0.39 is 0 Å². The van der Waals surface area contributed by atoms with Crippen molar-refractivity contribution in [2.75, 3.05) is 6.61 Å². The number of nitrogens with zero attached hydrogens (tertiary/aromatic N) is 2. The lowest BCUT2D eigenvalue weighted by molar-refractivity contribution is 0.276. The van der Waals surface area contributed by atoms with E-state index in [2.05, 4.69) is 30.7 Å². The molecule has 0 N–H and O–H groups in total. The normalized spacial score (nSPS) is 10.8. The van der Waals surface area contributed by atoms with E-state index in [0.29, 0.717) is 23.6 Å². The molecule has 1 aromatic rings. The first-order chi connectivity index (χ1) is 7.65. The van der Waals surface area contributed by atoms with E-state index in [1.165, 1.54) is 6.33 Å². The Labute approximate surface area is 102 Å². The fourth-order valence-corrected chi connectivity index (χ4v) is 1.57. The summed E-state index contributed by atoms with van der Waals surface area (Å²) >= 11 is 6.02. The van der Waals surface area contributed by atoms with E-state index in [0.717, 1.165) is 24.8 Å². The summed E-state index contributed by atoms with van der Waals surface area (Å²) < 4.78 is 5.65. The third-order valence-corrected chi connectivity index (χ3v) is 2.61. The van der Waals surface area contributed by atoms with Crippen molar-refractivity contribution in [2.24, 2.45) is 5.92 Å². The molecule has 0 aliphatic carbocycles. The first kappa shape index (κ1) is 13.2. The van der Waals surface area contributed by atoms with E-state index in [9.17, 15) is 0 Å². The van der Waals surface area contributed by atoms with Crippen molar-refractivity contribution in [1.82, 2.24) is 9.97 Å². The highest BCUT2D eigenvalue weighted by molar-refractivity contribution is 6.30. The van der Waals surface area contributed by atoms with Crippen LogP contribution < -0.4 is 4.74 Å². The first-order valence-electron chi connectivity index (χ1n) is 5.77. The second-order valence-corrected chi connectivity index (χ2v) is 4.59. The first-order valence-corrected chi connectivity index (χ1v) is 6.15. The molecule has 3 nitrogen and oxygen atoms in total. The molecule has 0 spiro atoms. The molecule has 1 heterocycles. The second-order valence-electron chi connectivity index (χ2n) is 4.23. The van der Waals surface area contributed by atoms with Gasteiger partial charge in [-0.15, -0.1) is 0 Å². The maximum atomic E-state index is 6.02. The van der Waals surface area contributed by atoms with Crippen LogP contribution in [0.1, 0.15) is 39.2 Å². The van der Waals surface area contributed by atoms with Crippen LogP contribution in [0.25, 0.3) is 0 Å². The molecule has 0 amide bonds. The Morgan fingerprint density at radius 3 is 2.75 bits per heavy atom. The van der Waals surface area contributed by atoms with E-state index in [4.69, 9.17) is 16.3 Å². The molecule has 1 aromatic heterocycles. The predicted octanol–water partition coefficient (Wildman–Crippen LogP) is 3.51. The van der Waals surface area contributed by atoms with E-state index in [1.807, 2.05) is 0 Å². The van der Waals surface area contributed by atoms with Gasteiger partial charge in [-0.25, -0.2) is 9.97 Å². The number of halogens is 1. The van der Waals surface area contributed by atoms with Gasteiger partial charge in [-0.2, -0.15) is 0 Å². The van der Waals surface area contributed by atoms with Crippen molar-refractivity contribution in [3.8, 4) is 5.88 Å². The van der Waals surface area contributed by atoms with Gasteiger partial charge in [0.05, 0.1) is 12.2 Å². The van der Waals surface area contributed by atoms with Crippen LogP contribution in [0, 0.1) is 5.92 Å². The van der Waals surface area contributed by atoms with Crippen molar-refractivity contribution >= 4 is 11.6 Å². The predicted molar refractivity (Wildman–Crippen MR) is 66.0 cm³/mol. The average molecular weight is 243 g/mol. The molecule has 16 heavy (non-hydrogen) atoms. The van der Waals surface area contributed by atoms with Gasteiger partial charge in [0.15, 0.2) is 0 Å². The minimum Gasteiger partial charge on any atom is -0.477 e. The number of rotatable bonds is 6. The van der Waals surface area contributed by atoms with Crippen molar-refractivity contribution < 1.29 is 4.74 Å². The van der Waals surface area contributed by atoms with Gasteiger partial charge in [-0.3, -0.25) is 0 Å². The maximum absolute atomic E-state index is 6.02. The van der Waals surface area contributed by atoms with Crippen molar-refractivity contribution in [3.05, 3.63) is 17.0 Å². The highest BCUT2D eigenvalue weighted by Gasteiger charge is 2.10. The second kappa shape index (κ2) is 6.69. The summed E-state index contributed by atoms with van der Waals surface area (Å²) in [5, 5.41) is 0.511. The smallest absolute Gasteiger partial charge is 0.221 e. The van der Waals surface area contributed by atoms with Gasteiger partial charge in [0, 0.05) is 0 Å². The fraction of sp³-hybridized carbons (Fsp3) is 0.667. The molecule has 0 aliphatic rings. The van der Waals surface area contributed by atoms with E-state index in [-0.39, 0.29) is 0 Å². The SMILES string of the molecule is CCCc1c(Cl)ncnc1OCCC(C)C. The van der Waals surface area contributed by atoms with Crippen molar-refractivity contribution in [2.45, 2.75) is 40.0 Å². The number of hydrogen-bond acceptors (Lipinski definition) is 3. The van der Waals surface area contributed by atoms with Gasteiger partial charge in [-0.05, 0) is 18.8 Å². The summed E-state index contributed by atoms with van der Waals surface area (Å²) in [6.07, 6.45) is 4.34. The number of hydrogen-bond donors (Lipinski definition) is 0. The molecule has 0 saturated carbocycles. The van der Waals surface area contributed by atoms with Crippen LogP contribution in [0.4, 0.5) is 0 Å². The Balaban J connectivity index is 2.66. The average Bonchev–Trinajstić information content (AvgIpc) is 2.22. The van der Waals surface area contributed by atoms with E-state index in [1.54, 1.807) is 0 Å². The fourth-order valence-electron chi connectivity index (χ4n) is 1.35. The van der Waals surface area contributed by atoms with Crippen LogP contribution in [0.2, 0.25) is 5.15 Å². The minimum atomic E-state index is 0.511. The molecule has 0 radical (unpaired) electrons. The van der Waals surface area contributed by atoms with Gasteiger partial charge in [0.25, 0.3) is 0 Å². The molecule has 0 aromatic carbocycles.